The van der Waals surface area contributed by atoms with Crippen LogP contribution in [-0.2, 0) is 4.74 Å². The molecule has 3 aromatic carbocycles. The van der Waals surface area contributed by atoms with Gasteiger partial charge in [0.1, 0.15) is 18.2 Å². The molecule has 0 bridgehead atoms. The highest BCUT2D eigenvalue weighted by Crippen LogP contribution is 2.32. The van der Waals surface area contributed by atoms with Crippen LogP contribution in [0.2, 0.25) is 0 Å². The minimum Gasteiger partial charge on any atom is -0.492 e. The van der Waals surface area contributed by atoms with Gasteiger partial charge in [0, 0.05) is 36.5 Å². The van der Waals surface area contributed by atoms with E-state index in [1.54, 1.807) is 0 Å². The van der Waals surface area contributed by atoms with Crippen LogP contribution in [-0.4, -0.2) is 65.3 Å². The van der Waals surface area contributed by atoms with E-state index in [0.29, 0.717) is 18.1 Å². The number of amides is 2. The third kappa shape index (κ3) is 5.42. The Hall–Kier alpha value is -4.08. The number of benzene rings is 3. The number of fused-ring (bicyclic) bond motifs is 1. The molecule has 1 saturated heterocycles. The number of ether oxygens (including phenoxy) is 2. The molecule has 9 heteroatoms. The van der Waals surface area contributed by atoms with Crippen LogP contribution in [0.4, 0.5) is 16.3 Å². The van der Waals surface area contributed by atoms with Gasteiger partial charge in [0.15, 0.2) is 0 Å². The van der Waals surface area contributed by atoms with Crippen molar-refractivity contribution in [3.63, 3.8) is 0 Å². The molecule has 1 aliphatic heterocycles. The summed E-state index contributed by atoms with van der Waals surface area (Å²) < 4.78 is 13.0. The van der Waals surface area contributed by atoms with Crippen LogP contribution >= 0.6 is 0 Å². The highest BCUT2D eigenvalue weighted by atomic mass is 16.5. The van der Waals surface area contributed by atoms with Crippen molar-refractivity contribution in [3.8, 4) is 17.3 Å². The van der Waals surface area contributed by atoms with Gasteiger partial charge in [-0.25, -0.2) is 9.48 Å². The van der Waals surface area contributed by atoms with E-state index in [1.807, 2.05) is 67.6 Å². The lowest BCUT2D eigenvalue weighted by atomic mass is 10.1. The fourth-order valence-electron chi connectivity index (χ4n) is 4.23. The highest BCUT2D eigenvalue weighted by molar-refractivity contribution is 6.07. The number of aromatic hydroxyl groups is 1. The van der Waals surface area contributed by atoms with E-state index >= 15 is 0 Å². The summed E-state index contributed by atoms with van der Waals surface area (Å²) in [4.78, 5) is 15.2. The zero-order chi connectivity index (χ0) is 24.9. The first-order valence-corrected chi connectivity index (χ1v) is 12.0. The molecule has 0 spiro atoms. The molecule has 186 valence electrons. The topological polar surface area (TPSA) is 101 Å². The fourth-order valence-corrected chi connectivity index (χ4v) is 4.23. The summed E-state index contributed by atoms with van der Waals surface area (Å²) in [6, 6.07) is 20.1. The summed E-state index contributed by atoms with van der Waals surface area (Å²) in [5.74, 6) is 0.934. The van der Waals surface area contributed by atoms with E-state index in [2.05, 4.69) is 20.6 Å². The number of carbonyl (C=O) groups is 1. The molecule has 9 nitrogen and oxygen atoms in total. The Kier molecular flexibility index (Phi) is 7.01. The van der Waals surface area contributed by atoms with Gasteiger partial charge >= 0.3 is 6.03 Å². The summed E-state index contributed by atoms with van der Waals surface area (Å²) in [6.07, 6.45) is 0. The highest BCUT2D eigenvalue weighted by Gasteiger charge is 2.15. The normalized spacial score (nSPS) is 14.0. The molecular weight excluding hydrogens is 458 g/mol. The van der Waals surface area contributed by atoms with Gasteiger partial charge in [0.2, 0.25) is 5.88 Å². The lowest BCUT2D eigenvalue weighted by Crippen LogP contribution is -2.38. The van der Waals surface area contributed by atoms with Gasteiger partial charge in [0.05, 0.1) is 24.6 Å². The smallest absolute Gasteiger partial charge is 0.324 e. The molecule has 0 atom stereocenters. The van der Waals surface area contributed by atoms with Crippen molar-refractivity contribution >= 4 is 28.3 Å². The molecule has 0 aliphatic carbocycles. The number of nitrogens with one attached hydrogen (secondary N) is 2. The number of nitrogens with zero attached hydrogens (tertiary/aromatic N) is 3. The van der Waals surface area contributed by atoms with Crippen molar-refractivity contribution in [2.75, 3.05) is 50.1 Å². The molecule has 3 N–H and O–H groups in total. The SMILES string of the molecule is Cc1ccc(-n2nc(O)cc2NC(=O)Nc2ccc(OCCN3CCOCC3)c3ccccc23)cc1. The quantitative estimate of drug-likeness (QED) is 0.357. The molecule has 4 aromatic rings. The number of rotatable bonds is 7. The van der Waals surface area contributed by atoms with E-state index < -0.39 is 6.03 Å². The number of hydrogen-bond donors (Lipinski definition) is 3. The van der Waals surface area contributed by atoms with Crippen LogP contribution in [0.3, 0.4) is 0 Å². The van der Waals surface area contributed by atoms with Crippen LogP contribution in [0.25, 0.3) is 16.5 Å². The molecule has 1 aliphatic rings. The fraction of sp³-hybridized carbons (Fsp3) is 0.259. The Labute approximate surface area is 209 Å². The van der Waals surface area contributed by atoms with Gasteiger partial charge in [-0.05, 0) is 31.2 Å². The minimum absolute atomic E-state index is 0.185. The van der Waals surface area contributed by atoms with Gasteiger partial charge in [-0.15, -0.1) is 5.10 Å². The third-order valence-electron chi connectivity index (χ3n) is 6.12. The standard InChI is InChI=1S/C27H29N5O4/c1-19-6-8-20(9-7-19)32-25(18-26(33)30-32)29-27(34)28-23-10-11-24(22-5-3-2-4-21(22)23)36-17-14-31-12-15-35-16-13-31/h2-11,18H,12-17H2,1H3,(H,30,33)(H2,28,29,34). The largest absolute Gasteiger partial charge is 0.492 e. The number of aromatic nitrogens is 2. The number of urea groups is 1. The molecule has 5 rings (SSSR count). The van der Waals surface area contributed by atoms with Crippen LogP contribution in [0.5, 0.6) is 11.6 Å². The Balaban J connectivity index is 1.29. The first kappa shape index (κ1) is 23.7. The van der Waals surface area contributed by atoms with Gasteiger partial charge in [-0.1, -0.05) is 42.0 Å². The van der Waals surface area contributed by atoms with Crippen molar-refractivity contribution in [2.24, 2.45) is 0 Å². The van der Waals surface area contributed by atoms with Crippen LogP contribution in [0.1, 0.15) is 5.56 Å². The first-order chi connectivity index (χ1) is 17.6. The molecule has 2 heterocycles. The summed E-state index contributed by atoms with van der Waals surface area (Å²) in [6.45, 7) is 6.76. The third-order valence-corrected chi connectivity index (χ3v) is 6.12. The summed E-state index contributed by atoms with van der Waals surface area (Å²) >= 11 is 0. The molecular formula is C27H29N5O4. The predicted molar refractivity (Wildman–Crippen MR) is 139 cm³/mol. The average molecular weight is 488 g/mol. The van der Waals surface area contributed by atoms with Gasteiger partial charge in [-0.2, -0.15) is 0 Å². The van der Waals surface area contributed by atoms with Gasteiger partial charge < -0.3 is 19.9 Å². The monoisotopic (exact) mass is 487 g/mol. The van der Waals surface area contributed by atoms with Crippen molar-refractivity contribution in [2.45, 2.75) is 6.92 Å². The first-order valence-electron chi connectivity index (χ1n) is 12.0. The second-order valence-corrected chi connectivity index (χ2v) is 8.67. The van der Waals surface area contributed by atoms with E-state index in [9.17, 15) is 9.90 Å². The maximum Gasteiger partial charge on any atom is 0.324 e. The number of carbonyl (C=O) groups excluding carboxylic acids is 1. The zero-order valence-electron chi connectivity index (χ0n) is 20.1. The maximum absolute atomic E-state index is 12.9. The van der Waals surface area contributed by atoms with Gasteiger partial charge in [-0.3, -0.25) is 10.2 Å². The Morgan fingerprint density at radius 3 is 2.56 bits per heavy atom. The molecule has 2 amide bonds. The maximum atomic E-state index is 12.9. The van der Waals surface area contributed by atoms with Crippen LogP contribution in [0, 0.1) is 6.92 Å². The Bertz CT molecular complexity index is 1350. The Morgan fingerprint density at radius 2 is 1.78 bits per heavy atom. The molecule has 1 aromatic heterocycles. The number of hydrogen-bond acceptors (Lipinski definition) is 6. The summed E-state index contributed by atoms with van der Waals surface area (Å²) in [5, 5.41) is 21.5. The van der Waals surface area contributed by atoms with E-state index in [1.165, 1.54) is 10.7 Å². The lowest BCUT2D eigenvalue weighted by Gasteiger charge is -2.26. The molecule has 0 saturated carbocycles. The number of aryl methyl sites for hydroxylation is 1. The van der Waals surface area contributed by atoms with Crippen molar-refractivity contribution in [3.05, 3.63) is 72.3 Å². The van der Waals surface area contributed by atoms with E-state index in [0.717, 1.165) is 60.6 Å². The lowest BCUT2D eigenvalue weighted by molar-refractivity contribution is 0.0323. The second kappa shape index (κ2) is 10.7. The molecule has 0 unspecified atom stereocenters. The summed E-state index contributed by atoms with van der Waals surface area (Å²) in [5.41, 5.74) is 2.47. The molecule has 36 heavy (non-hydrogen) atoms. The van der Waals surface area contributed by atoms with Crippen molar-refractivity contribution in [1.82, 2.24) is 14.7 Å². The predicted octanol–water partition coefficient (Wildman–Crippen LogP) is 4.39. The zero-order valence-corrected chi connectivity index (χ0v) is 20.1. The van der Waals surface area contributed by atoms with E-state index in [4.69, 9.17) is 9.47 Å². The van der Waals surface area contributed by atoms with Crippen molar-refractivity contribution in [1.29, 1.82) is 0 Å². The van der Waals surface area contributed by atoms with Gasteiger partial charge in [0.25, 0.3) is 0 Å². The Morgan fingerprint density at radius 1 is 1.03 bits per heavy atom. The van der Waals surface area contributed by atoms with Crippen LogP contribution < -0.4 is 15.4 Å². The molecule has 0 radical (unpaired) electrons. The average Bonchev–Trinajstić information content (AvgIpc) is 3.26. The second-order valence-electron chi connectivity index (χ2n) is 8.67. The minimum atomic E-state index is -0.450. The van der Waals surface area contributed by atoms with E-state index in [-0.39, 0.29) is 5.88 Å². The van der Waals surface area contributed by atoms with Crippen LogP contribution in [0.15, 0.2) is 66.7 Å². The number of morpholine rings is 1. The molecule has 1 fully saturated rings. The number of anilines is 2. The van der Waals surface area contributed by atoms with Crippen molar-refractivity contribution < 1.29 is 19.4 Å². The summed E-state index contributed by atoms with van der Waals surface area (Å²) in [7, 11) is 0.